The van der Waals surface area contributed by atoms with Gasteiger partial charge in [-0.1, -0.05) is 24.1 Å². The van der Waals surface area contributed by atoms with Gasteiger partial charge in [-0.3, -0.25) is 4.79 Å². The van der Waals surface area contributed by atoms with E-state index in [4.69, 9.17) is 0 Å². The molecule has 1 amide bonds. The van der Waals surface area contributed by atoms with Crippen molar-refractivity contribution in [3.63, 3.8) is 0 Å². The van der Waals surface area contributed by atoms with Crippen molar-refractivity contribution in [1.82, 2.24) is 5.32 Å². The molecule has 90 valence electrons. The molecule has 1 aliphatic carbocycles. The highest BCUT2D eigenvalue weighted by Crippen LogP contribution is 2.32. The van der Waals surface area contributed by atoms with Crippen LogP contribution in [0.25, 0.3) is 0 Å². The van der Waals surface area contributed by atoms with Gasteiger partial charge in [0.25, 0.3) is 0 Å². The summed E-state index contributed by atoms with van der Waals surface area (Å²) < 4.78 is 0. The van der Waals surface area contributed by atoms with E-state index in [1.54, 1.807) is 0 Å². The number of nitrogens with one attached hydrogen (secondary N) is 2. The molecule has 2 aliphatic rings. The molecule has 0 aromatic heterocycles. The minimum absolute atomic E-state index is 0.0879. The van der Waals surface area contributed by atoms with Gasteiger partial charge >= 0.3 is 0 Å². The number of fused-ring (bicyclic) bond motifs is 1. The Bertz CT molecular complexity index is 452. The number of anilines is 1. The van der Waals surface area contributed by atoms with Crippen LogP contribution >= 0.6 is 0 Å². The highest BCUT2D eigenvalue weighted by Gasteiger charge is 2.31. The summed E-state index contributed by atoms with van der Waals surface area (Å²) in [5, 5.41) is 6.34. The number of rotatable bonds is 3. The molecule has 2 N–H and O–H groups in total. The smallest absolute Gasteiger partial charge is 0.246 e. The van der Waals surface area contributed by atoms with Gasteiger partial charge in [-0.15, -0.1) is 0 Å². The standard InChI is InChI=1S/C14H18N2O/c1-9-5-6-12-11(7-9)13(14(17)16-12)15-8-10-3-2-4-10/h5-7,10,13,15H,2-4,8H2,1H3,(H,16,17). The fourth-order valence-corrected chi connectivity index (χ4v) is 2.57. The van der Waals surface area contributed by atoms with Crippen LogP contribution in [0, 0.1) is 12.8 Å². The van der Waals surface area contributed by atoms with E-state index in [1.807, 2.05) is 12.1 Å². The van der Waals surface area contributed by atoms with E-state index in [1.165, 1.54) is 24.8 Å². The summed E-state index contributed by atoms with van der Waals surface area (Å²) >= 11 is 0. The minimum Gasteiger partial charge on any atom is -0.324 e. The lowest BCUT2D eigenvalue weighted by Crippen LogP contribution is -2.33. The second-order valence-electron chi connectivity index (χ2n) is 5.22. The molecule has 0 bridgehead atoms. The van der Waals surface area contributed by atoms with E-state index in [0.29, 0.717) is 0 Å². The van der Waals surface area contributed by atoms with E-state index in [-0.39, 0.29) is 11.9 Å². The van der Waals surface area contributed by atoms with Gasteiger partial charge in [-0.2, -0.15) is 0 Å². The summed E-state index contributed by atoms with van der Waals surface area (Å²) in [6, 6.07) is 5.98. The molecular weight excluding hydrogens is 212 g/mol. The lowest BCUT2D eigenvalue weighted by atomic mass is 9.85. The zero-order valence-corrected chi connectivity index (χ0v) is 10.1. The van der Waals surface area contributed by atoms with Crippen molar-refractivity contribution in [2.75, 3.05) is 11.9 Å². The number of benzene rings is 1. The summed E-state index contributed by atoms with van der Waals surface area (Å²) in [7, 11) is 0. The van der Waals surface area contributed by atoms with Crippen LogP contribution in [0.2, 0.25) is 0 Å². The summed E-state index contributed by atoms with van der Waals surface area (Å²) in [4.78, 5) is 11.9. The number of carbonyl (C=O) groups is 1. The number of hydrogen-bond donors (Lipinski definition) is 2. The molecule has 1 saturated carbocycles. The molecule has 1 unspecified atom stereocenters. The third-order valence-electron chi connectivity index (χ3n) is 3.87. The topological polar surface area (TPSA) is 41.1 Å². The normalized spacial score (nSPS) is 23.1. The third-order valence-corrected chi connectivity index (χ3v) is 3.87. The van der Waals surface area contributed by atoms with Gasteiger partial charge in [-0.05, 0) is 38.3 Å². The maximum absolute atomic E-state index is 11.9. The number of hydrogen-bond acceptors (Lipinski definition) is 2. The van der Waals surface area contributed by atoms with Crippen molar-refractivity contribution < 1.29 is 4.79 Å². The molecule has 3 nitrogen and oxygen atoms in total. The third kappa shape index (κ3) is 1.95. The van der Waals surface area contributed by atoms with Gasteiger partial charge in [0.05, 0.1) is 0 Å². The number of carbonyl (C=O) groups excluding carboxylic acids is 1. The predicted molar refractivity (Wildman–Crippen MR) is 67.9 cm³/mol. The molecule has 1 aromatic rings. The molecule has 0 saturated heterocycles. The molecule has 17 heavy (non-hydrogen) atoms. The van der Waals surface area contributed by atoms with Crippen LogP contribution in [0.1, 0.15) is 36.4 Å². The van der Waals surface area contributed by atoms with Crippen LogP contribution in [0.5, 0.6) is 0 Å². The second-order valence-corrected chi connectivity index (χ2v) is 5.22. The van der Waals surface area contributed by atoms with E-state index >= 15 is 0 Å². The Kier molecular flexibility index (Phi) is 2.63. The Morgan fingerprint density at radius 3 is 2.94 bits per heavy atom. The van der Waals surface area contributed by atoms with Gasteiger partial charge < -0.3 is 10.6 Å². The maximum Gasteiger partial charge on any atom is 0.246 e. The van der Waals surface area contributed by atoms with Gasteiger partial charge in [0, 0.05) is 11.3 Å². The highest BCUT2D eigenvalue weighted by atomic mass is 16.2. The van der Waals surface area contributed by atoms with Crippen LogP contribution in [0.15, 0.2) is 18.2 Å². The quantitative estimate of drug-likeness (QED) is 0.837. The largest absolute Gasteiger partial charge is 0.324 e. The molecule has 1 atom stereocenters. The highest BCUT2D eigenvalue weighted by molar-refractivity contribution is 6.02. The van der Waals surface area contributed by atoms with Crippen LogP contribution in [-0.2, 0) is 4.79 Å². The van der Waals surface area contributed by atoms with Crippen molar-refractivity contribution in [3.8, 4) is 0 Å². The average molecular weight is 230 g/mol. The second kappa shape index (κ2) is 4.15. The van der Waals surface area contributed by atoms with Crippen LogP contribution in [-0.4, -0.2) is 12.5 Å². The van der Waals surface area contributed by atoms with E-state index in [2.05, 4.69) is 23.6 Å². The molecule has 0 radical (unpaired) electrons. The van der Waals surface area contributed by atoms with Crippen molar-refractivity contribution in [2.24, 2.45) is 5.92 Å². The minimum atomic E-state index is -0.148. The molecule has 1 heterocycles. The van der Waals surface area contributed by atoms with Crippen LogP contribution in [0.4, 0.5) is 5.69 Å². The van der Waals surface area contributed by atoms with Gasteiger partial charge in [0.1, 0.15) is 6.04 Å². The fraction of sp³-hybridized carbons (Fsp3) is 0.500. The summed E-state index contributed by atoms with van der Waals surface area (Å²) in [6.45, 7) is 3.03. The van der Waals surface area contributed by atoms with Crippen molar-refractivity contribution in [2.45, 2.75) is 32.2 Å². The van der Waals surface area contributed by atoms with E-state index in [0.717, 1.165) is 23.7 Å². The zero-order valence-electron chi connectivity index (χ0n) is 10.1. The summed E-state index contributed by atoms with van der Waals surface area (Å²) in [6.07, 6.45) is 3.96. The molecule has 3 rings (SSSR count). The Morgan fingerprint density at radius 1 is 1.41 bits per heavy atom. The van der Waals surface area contributed by atoms with Crippen LogP contribution in [0.3, 0.4) is 0 Å². The summed E-state index contributed by atoms with van der Waals surface area (Å²) in [5.74, 6) is 0.863. The Balaban J connectivity index is 1.75. The predicted octanol–water partition coefficient (Wildman–Crippen LogP) is 2.38. The monoisotopic (exact) mass is 230 g/mol. The van der Waals surface area contributed by atoms with Crippen LogP contribution < -0.4 is 10.6 Å². The maximum atomic E-state index is 11.9. The van der Waals surface area contributed by atoms with Gasteiger partial charge in [0.2, 0.25) is 5.91 Å². The Hall–Kier alpha value is -1.35. The SMILES string of the molecule is Cc1ccc2c(c1)C(NCC1CCC1)C(=O)N2. The summed E-state index contributed by atoms with van der Waals surface area (Å²) in [5.41, 5.74) is 3.27. The number of amides is 1. The molecule has 1 aromatic carbocycles. The van der Waals surface area contributed by atoms with E-state index in [9.17, 15) is 4.79 Å². The fourth-order valence-electron chi connectivity index (χ4n) is 2.57. The molecule has 3 heteroatoms. The van der Waals surface area contributed by atoms with Gasteiger partial charge in [-0.25, -0.2) is 0 Å². The zero-order chi connectivity index (χ0) is 11.8. The molecular formula is C14H18N2O. The van der Waals surface area contributed by atoms with Crippen molar-refractivity contribution in [3.05, 3.63) is 29.3 Å². The average Bonchev–Trinajstić information content (AvgIpc) is 2.53. The first-order valence-corrected chi connectivity index (χ1v) is 6.39. The molecule has 1 fully saturated rings. The first kappa shape index (κ1) is 10.8. The lowest BCUT2D eigenvalue weighted by molar-refractivity contribution is -0.117. The van der Waals surface area contributed by atoms with Crippen molar-refractivity contribution >= 4 is 11.6 Å². The number of aryl methyl sites for hydroxylation is 1. The van der Waals surface area contributed by atoms with E-state index < -0.39 is 0 Å². The molecule has 1 aliphatic heterocycles. The first-order chi connectivity index (χ1) is 8.24. The Morgan fingerprint density at radius 2 is 2.24 bits per heavy atom. The van der Waals surface area contributed by atoms with Gasteiger partial charge in [0.15, 0.2) is 0 Å². The molecule has 0 spiro atoms. The lowest BCUT2D eigenvalue weighted by Gasteiger charge is -2.26. The first-order valence-electron chi connectivity index (χ1n) is 6.39. The van der Waals surface area contributed by atoms with Crippen molar-refractivity contribution in [1.29, 1.82) is 0 Å². The Labute approximate surface area is 102 Å².